The van der Waals surface area contributed by atoms with E-state index in [1.165, 1.54) is 5.56 Å². The van der Waals surface area contributed by atoms with Gasteiger partial charge in [-0.3, -0.25) is 9.69 Å². The van der Waals surface area contributed by atoms with Gasteiger partial charge in [0, 0.05) is 26.1 Å². The average Bonchev–Trinajstić information content (AvgIpc) is 3.18. The first-order valence-corrected chi connectivity index (χ1v) is 8.99. The van der Waals surface area contributed by atoms with Crippen LogP contribution in [0, 0.1) is 0 Å². The number of amides is 1. The van der Waals surface area contributed by atoms with Gasteiger partial charge < -0.3 is 14.5 Å². The summed E-state index contributed by atoms with van der Waals surface area (Å²) >= 11 is 0. The molecular formula is C20H26N2O3. The molecule has 3 rings (SSSR count). The predicted molar refractivity (Wildman–Crippen MR) is 96.2 cm³/mol. The molecule has 1 unspecified atom stereocenters. The third kappa shape index (κ3) is 5.44. The molecule has 1 aliphatic rings. The van der Waals surface area contributed by atoms with E-state index in [4.69, 9.17) is 9.15 Å². The van der Waals surface area contributed by atoms with Gasteiger partial charge >= 0.3 is 0 Å². The Bertz CT molecular complexity index is 622. The summed E-state index contributed by atoms with van der Waals surface area (Å²) in [5.74, 6) is 0.993. The Balaban J connectivity index is 1.46. The van der Waals surface area contributed by atoms with Crippen LogP contribution in [0.5, 0.6) is 0 Å². The minimum absolute atomic E-state index is 0.0666. The fraction of sp³-hybridized carbons (Fsp3) is 0.450. The highest BCUT2D eigenvalue weighted by atomic mass is 16.5. The molecule has 1 fully saturated rings. The molecule has 1 atom stereocenters. The van der Waals surface area contributed by atoms with E-state index >= 15 is 0 Å². The van der Waals surface area contributed by atoms with Gasteiger partial charge in [0.1, 0.15) is 5.76 Å². The lowest BCUT2D eigenvalue weighted by Crippen LogP contribution is -2.43. The van der Waals surface area contributed by atoms with Crippen molar-refractivity contribution < 1.29 is 13.9 Å². The van der Waals surface area contributed by atoms with Crippen molar-refractivity contribution in [2.75, 3.05) is 32.8 Å². The van der Waals surface area contributed by atoms with Gasteiger partial charge in [0.05, 0.1) is 25.5 Å². The van der Waals surface area contributed by atoms with E-state index in [-0.39, 0.29) is 11.9 Å². The monoisotopic (exact) mass is 342 g/mol. The van der Waals surface area contributed by atoms with Crippen LogP contribution in [0.25, 0.3) is 0 Å². The van der Waals surface area contributed by atoms with E-state index in [0.29, 0.717) is 13.0 Å². The van der Waals surface area contributed by atoms with Gasteiger partial charge in [-0.15, -0.1) is 0 Å². The number of morpholine rings is 1. The van der Waals surface area contributed by atoms with Crippen molar-refractivity contribution in [2.24, 2.45) is 0 Å². The summed E-state index contributed by atoms with van der Waals surface area (Å²) in [5.41, 5.74) is 1.28. The number of hydrogen-bond donors (Lipinski definition) is 1. The number of aryl methyl sites for hydroxylation is 1. The zero-order chi connectivity index (χ0) is 17.3. The Kier molecular flexibility index (Phi) is 6.65. The molecule has 134 valence electrons. The van der Waals surface area contributed by atoms with Crippen LogP contribution in [-0.2, 0) is 16.0 Å². The molecule has 1 aliphatic heterocycles. The summed E-state index contributed by atoms with van der Waals surface area (Å²) in [7, 11) is 0. The predicted octanol–water partition coefficient (Wildman–Crippen LogP) is 2.79. The Labute approximate surface area is 149 Å². The summed E-state index contributed by atoms with van der Waals surface area (Å²) in [5, 5.41) is 3.07. The summed E-state index contributed by atoms with van der Waals surface area (Å²) in [6.07, 6.45) is 4.02. The Hall–Kier alpha value is -2.11. The molecule has 1 saturated heterocycles. The molecule has 0 bridgehead atoms. The van der Waals surface area contributed by atoms with Gasteiger partial charge in [0.2, 0.25) is 5.91 Å². The molecule has 0 radical (unpaired) electrons. The highest BCUT2D eigenvalue weighted by molar-refractivity contribution is 5.75. The summed E-state index contributed by atoms with van der Waals surface area (Å²) < 4.78 is 11.0. The van der Waals surface area contributed by atoms with Crippen molar-refractivity contribution >= 4 is 5.91 Å². The number of carbonyl (C=O) groups excluding carboxylic acids is 1. The highest BCUT2D eigenvalue weighted by Gasteiger charge is 2.25. The van der Waals surface area contributed by atoms with Crippen LogP contribution in [0.2, 0.25) is 0 Å². The second-order valence-electron chi connectivity index (χ2n) is 6.32. The molecule has 5 heteroatoms. The topological polar surface area (TPSA) is 54.7 Å². The minimum Gasteiger partial charge on any atom is -0.468 e. The molecule has 5 nitrogen and oxygen atoms in total. The largest absolute Gasteiger partial charge is 0.468 e. The number of rotatable bonds is 8. The summed E-state index contributed by atoms with van der Waals surface area (Å²) in [6, 6.07) is 14.2. The van der Waals surface area contributed by atoms with Crippen LogP contribution in [0.1, 0.15) is 30.2 Å². The average molecular weight is 342 g/mol. The van der Waals surface area contributed by atoms with E-state index in [1.54, 1.807) is 6.26 Å². The number of carbonyl (C=O) groups is 1. The van der Waals surface area contributed by atoms with Crippen LogP contribution in [0.4, 0.5) is 0 Å². The van der Waals surface area contributed by atoms with Crippen molar-refractivity contribution in [3.8, 4) is 0 Å². The van der Waals surface area contributed by atoms with E-state index in [9.17, 15) is 4.79 Å². The van der Waals surface area contributed by atoms with Crippen molar-refractivity contribution in [1.29, 1.82) is 0 Å². The third-order valence-electron chi connectivity index (χ3n) is 4.56. The zero-order valence-corrected chi connectivity index (χ0v) is 14.5. The van der Waals surface area contributed by atoms with Gasteiger partial charge in [-0.2, -0.15) is 0 Å². The Morgan fingerprint density at radius 1 is 1.12 bits per heavy atom. The second kappa shape index (κ2) is 9.39. The van der Waals surface area contributed by atoms with Gasteiger partial charge in [-0.1, -0.05) is 30.3 Å². The van der Waals surface area contributed by atoms with Crippen LogP contribution < -0.4 is 5.32 Å². The zero-order valence-electron chi connectivity index (χ0n) is 14.5. The lowest BCUT2D eigenvalue weighted by Gasteiger charge is -2.33. The molecule has 1 aromatic heterocycles. The van der Waals surface area contributed by atoms with E-state index < -0.39 is 0 Å². The maximum Gasteiger partial charge on any atom is 0.220 e. The Morgan fingerprint density at radius 3 is 2.64 bits per heavy atom. The first-order valence-electron chi connectivity index (χ1n) is 8.99. The standard InChI is InChI=1S/C20H26N2O3/c23-20(10-4-8-17-6-2-1-3-7-17)21-16-18(19-9-5-13-25-19)22-11-14-24-15-12-22/h1-3,5-7,9,13,18H,4,8,10-12,14-16H2,(H,21,23). The van der Waals surface area contributed by atoms with Crippen molar-refractivity contribution in [2.45, 2.75) is 25.3 Å². The molecule has 1 aromatic carbocycles. The van der Waals surface area contributed by atoms with Crippen LogP contribution >= 0.6 is 0 Å². The van der Waals surface area contributed by atoms with Crippen LogP contribution in [0.3, 0.4) is 0 Å². The quantitative estimate of drug-likeness (QED) is 0.801. The smallest absolute Gasteiger partial charge is 0.220 e. The maximum atomic E-state index is 12.2. The number of nitrogens with zero attached hydrogens (tertiary/aromatic N) is 1. The van der Waals surface area contributed by atoms with E-state index in [1.807, 2.05) is 30.3 Å². The fourth-order valence-corrected chi connectivity index (χ4v) is 3.18. The van der Waals surface area contributed by atoms with Gasteiger partial charge in [-0.05, 0) is 30.5 Å². The number of benzene rings is 1. The molecule has 25 heavy (non-hydrogen) atoms. The van der Waals surface area contributed by atoms with Gasteiger partial charge in [-0.25, -0.2) is 0 Å². The summed E-state index contributed by atoms with van der Waals surface area (Å²) in [6.45, 7) is 3.73. The number of ether oxygens (including phenoxy) is 1. The molecule has 2 heterocycles. The second-order valence-corrected chi connectivity index (χ2v) is 6.32. The van der Waals surface area contributed by atoms with Crippen LogP contribution in [-0.4, -0.2) is 43.7 Å². The van der Waals surface area contributed by atoms with Crippen molar-refractivity contribution in [3.05, 3.63) is 60.1 Å². The molecule has 2 aromatic rings. The fourth-order valence-electron chi connectivity index (χ4n) is 3.18. The van der Waals surface area contributed by atoms with Gasteiger partial charge in [0.25, 0.3) is 0 Å². The lowest BCUT2D eigenvalue weighted by molar-refractivity contribution is -0.121. The number of furan rings is 1. The highest BCUT2D eigenvalue weighted by Crippen LogP contribution is 2.21. The van der Waals surface area contributed by atoms with Crippen molar-refractivity contribution in [3.63, 3.8) is 0 Å². The molecule has 1 amide bonds. The number of nitrogens with one attached hydrogen (secondary N) is 1. The van der Waals surface area contributed by atoms with Crippen LogP contribution in [0.15, 0.2) is 53.1 Å². The molecular weight excluding hydrogens is 316 g/mol. The maximum absolute atomic E-state index is 12.2. The summed E-state index contributed by atoms with van der Waals surface area (Å²) in [4.78, 5) is 14.5. The number of hydrogen-bond acceptors (Lipinski definition) is 4. The minimum atomic E-state index is 0.0666. The van der Waals surface area contributed by atoms with Crippen molar-refractivity contribution in [1.82, 2.24) is 10.2 Å². The normalized spacial score (nSPS) is 16.5. The molecule has 0 saturated carbocycles. The third-order valence-corrected chi connectivity index (χ3v) is 4.56. The van der Waals surface area contributed by atoms with E-state index in [2.05, 4.69) is 22.3 Å². The SMILES string of the molecule is O=C(CCCc1ccccc1)NCC(c1ccco1)N1CCOCC1. The first-order chi connectivity index (χ1) is 12.3. The Morgan fingerprint density at radius 2 is 1.92 bits per heavy atom. The lowest BCUT2D eigenvalue weighted by atomic mass is 10.1. The molecule has 1 N–H and O–H groups in total. The first kappa shape index (κ1) is 17.7. The molecule has 0 spiro atoms. The van der Waals surface area contributed by atoms with E-state index in [0.717, 1.165) is 44.9 Å². The van der Waals surface area contributed by atoms with Gasteiger partial charge in [0.15, 0.2) is 0 Å². The molecule has 0 aliphatic carbocycles.